The Bertz CT molecular complexity index is 392. The standard InChI is InChI=1S/C14H21NO2/c1-9(16)13-6-3-7-14(13,15-10(2)17)12-5-4-11(13)8-12/h11-12H,3-8H2,1-2H3,(H,15,17). The van der Waals surface area contributed by atoms with Crippen molar-refractivity contribution in [1.29, 1.82) is 0 Å². The lowest BCUT2D eigenvalue weighted by Gasteiger charge is -2.48. The summed E-state index contributed by atoms with van der Waals surface area (Å²) in [4.78, 5) is 23.8. The molecule has 3 fully saturated rings. The number of carbonyl (C=O) groups is 2. The zero-order chi connectivity index (χ0) is 12.3. The van der Waals surface area contributed by atoms with Crippen LogP contribution in [0, 0.1) is 17.3 Å². The minimum atomic E-state index is -0.221. The summed E-state index contributed by atoms with van der Waals surface area (Å²) in [6.45, 7) is 3.33. The van der Waals surface area contributed by atoms with Gasteiger partial charge in [0.05, 0.1) is 11.0 Å². The number of hydrogen-bond donors (Lipinski definition) is 1. The molecule has 0 spiro atoms. The van der Waals surface area contributed by atoms with Crippen LogP contribution in [0.25, 0.3) is 0 Å². The number of ketones is 1. The van der Waals surface area contributed by atoms with Crippen LogP contribution in [-0.2, 0) is 9.59 Å². The smallest absolute Gasteiger partial charge is 0.217 e. The molecule has 0 saturated heterocycles. The van der Waals surface area contributed by atoms with Crippen molar-refractivity contribution in [3.05, 3.63) is 0 Å². The van der Waals surface area contributed by atoms with E-state index in [9.17, 15) is 9.59 Å². The highest BCUT2D eigenvalue weighted by Gasteiger charge is 2.71. The fraction of sp³-hybridized carbons (Fsp3) is 0.857. The Kier molecular flexibility index (Phi) is 2.20. The molecule has 0 aromatic rings. The van der Waals surface area contributed by atoms with Crippen molar-refractivity contribution in [2.24, 2.45) is 17.3 Å². The largest absolute Gasteiger partial charge is 0.350 e. The molecule has 3 aliphatic rings. The van der Waals surface area contributed by atoms with E-state index in [2.05, 4.69) is 5.32 Å². The van der Waals surface area contributed by atoms with Gasteiger partial charge in [-0.2, -0.15) is 0 Å². The number of Topliss-reactive ketones (excluding diaryl/α,β-unsaturated/α-hetero) is 1. The number of nitrogens with one attached hydrogen (secondary N) is 1. The van der Waals surface area contributed by atoms with Crippen molar-refractivity contribution in [3.8, 4) is 0 Å². The molecule has 3 nitrogen and oxygen atoms in total. The summed E-state index contributed by atoms with van der Waals surface area (Å²) in [6, 6.07) is 0. The SMILES string of the molecule is CC(=O)NC12CCCC1(C(C)=O)C1CCC2C1. The molecule has 3 saturated carbocycles. The van der Waals surface area contributed by atoms with Gasteiger partial charge in [0.2, 0.25) is 5.91 Å². The molecule has 3 heteroatoms. The van der Waals surface area contributed by atoms with Crippen LogP contribution in [0.1, 0.15) is 52.4 Å². The number of hydrogen-bond acceptors (Lipinski definition) is 2. The lowest BCUT2D eigenvalue weighted by molar-refractivity contribution is -0.136. The fourth-order valence-electron chi connectivity index (χ4n) is 5.47. The molecule has 2 bridgehead atoms. The van der Waals surface area contributed by atoms with Gasteiger partial charge in [-0.25, -0.2) is 0 Å². The zero-order valence-electron chi connectivity index (χ0n) is 10.7. The lowest BCUT2D eigenvalue weighted by Crippen LogP contribution is -2.62. The van der Waals surface area contributed by atoms with Crippen LogP contribution >= 0.6 is 0 Å². The zero-order valence-corrected chi connectivity index (χ0v) is 10.7. The normalized spacial score (nSPS) is 46.9. The predicted octanol–water partition coefficient (Wildman–Crippen LogP) is 2.05. The third kappa shape index (κ3) is 1.13. The number of amides is 1. The van der Waals surface area contributed by atoms with Gasteiger partial charge < -0.3 is 5.32 Å². The van der Waals surface area contributed by atoms with Gasteiger partial charge in [0, 0.05) is 6.92 Å². The Morgan fingerprint density at radius 2 is 1.82 bits per heavy atom. The Morgan fingerprint density at radius 1 is 1.12 bits per heavy atom. The minimum absolute atomic E-state index is 0.0325. The molecule has 1 N–H and O–H groups in total. The second-order valence-corrected chi connectivity index (χ2v) is 6.24. The van der Waals surface area contributed by atoms with Gasteiger partial charge in [0.15, 0.2) is 0 Å². The molecule has 17 heavy (non-hydrogen) atoms. The maximum Gasteiger partial charge on any atom is 0.217 e. The monoisotopic (exact) mass is 235 g/mol. The first kappa shape index (κ1) is 11.2. The summed E-state index contributed by atoms with van der Waals surface area (Å²) in [7, 11) is 0. The number of fused-ring (bicyclic) bond motifs is 5. The van der Waals surface area contributed by atoms with Crippen LogP contribution in [0.5, 0.6) is 0 Å². The van der Waals surface area contributed by atoms with Crippen LogP contribution in [-0.4, -0.2) is 17.2 Å². The molecule has 0 radical (unpaired) electrons. The van der Waals surface area contributed by atoms with Crippen LogP contribution in [0.3, 0.4) is 0 Å². The van der Waals surface area contributed by atoms with Crippen molar-refractivity contribution in [1.82, 2.24) is 5.32 Å². The summed E-state index contributed by atoms with van der Waals surface area (Å²) >= 11 is 0. The van der Waals surface area contributed by atoms with Gasteiger partial charge in [0.1, 0.15) is 5.78 Å². The van der Waals surface area contributed by atoms with Crippen LogP contribution in [0.15, 0.2) is 0 Å². The van der Waals surface area contributed by atoms with E-state index in [0.717, 1.165) is 25.7 Å². The van der Waals surface area contributed by atoms with E-state index in [4.69, 9.17) is 0 Å². The Balaban J connectivity index is 2.09. The quantitative estimate of drug-likeness (QED) is 0.796. The second kappa shape index (κ2) is 3.33. The van der Waals surface area contributed by atoms with Crippen molar-refractivity contribution < 1.29 is 9.59 Å². The molecule has 0 aromatic heterocycles. The van der Waals surface area contributed by atoms with Crippen LogP contribution < -0.4 is 5.32 Å². The molecular formula is C14H21NO2. The number of carbonyl (C=O) groups excluding carboxylic acids is 2. The Hall–Kier alpha value is -0.860. The molecule has 1 amide bonds. The van der Waals surface area contributed by atoms with Crippen molar-refractivity contribution in [2.45, 2.75) is 57.9 Å². The first-order valence-electron chi connectivity index (χ1n) is 6.83. The molecule has 4 atom stereocenters. The lowest BCUT2D eigenvalue weighted by atomic mass is 9.61. The molecule has 94 valence electrons. The van der Waals surface area contributed by atoms with E-state index in [-0.39, 0.29) is 16.9 Å². The molecule has 0 aliphatic heterocycles. The Morgan fingerprint density at radius 3 is 2.47 bits per heavy atom. The van der Waals surface area contributed by atoms with E-state index in [1.165, 1.54) is 12.8 Å². The van der Waals surface area contributed by atoms with E-state index in [0.29, 0.717) is 17.6 Å². The molecular weight excluding hydrogens is 214 g/mol. The molecule has 0 heterocycles. The fourth-order valence-corrected chi connectivity index (χ4v) is 5.47. The van der Waals surface area contributed by atoms with Gasteiger partial charge in [-0.3, -0.25) is 9.59 Å². The molecule has 3 rings (SSSR count). The molecule has 3 aliphatic carbocycles. The number of rotatable bonds is 2. The summed E-state index contributed by atoms with van der Waals surface area (Å²) in [5, 5.41) is 3.21. The Labute approximate surface area is 102 Å². The average Bonchev–Trinajstić information content (AvgIpc) is 2.83. The summed E-state index contributed by atoms with van der Waals surface area (Å²) in [5.74, 6) is 1.42. The minimum Gasteiger partial charge on any atom is -0.350 e. The average molecular weight is 235 g/mol. The highest BCUT2D eigenvalue weighted by atomic mass is 16.2. The van der Waals surface area contributed by atoms with Crippen LogP contribution in [0.4, 0.5) is 0 Å². The van der Waals surface area contributed by atoms with Gasteiger partial charge in [-0.15, -0.1) is 0 Å². The van der Waals surface area contributed by atoms with Crippen LogP contribution in [0.2, 0.25) is 0 Å². The van der Waals surface area contributed by atoms with Gasteiger partial charge in [-0.05, 0) is 57.3 Å². The van der Waals surface area contributed by atoms with E-state index in [1.807, 2.05) is 0 Å². The van der Waals surface area contributed by atoms with Gasteiger partial charge in [-0.1, -0.05) is 0 Å². The molecule has 0 aromatic carbocycles. The van der Waals surface area contributed by atoms with Gasteiger partial charge >= 0.3 is 0 Å². The molecule has 4 unspecified atom stereocenters. The van der Waals surface area contributed by atoms with E-state index >= 15 is 0 Å². The van der Waals surface area contributed by atoms with E-state index < -0.39 is 0 Å². The highest BCUT2D eigenvalue weighted by Crippen LogP contribution is 2.68. The van der Waals surface area contributed by atoms with E-state index in [1.54, 1.807) is 13.8 Å². The summed E-state index contributed by atoms with van der Waals surface area (Å²) in [5.41, 5.74) is -0.408. The third-order valence-electron chi connectivity index (χ3n) is 5.79. The third-order valence-corrected chi connectivity index (χ3v) is 5.79. The summed E-state index contributed by atoms with van der Waals surface area (Å²) in [6.07, 6.45) is 6.62. The topological polar surface area (TPSA) is 46.2 Å². The maximum absolute atomic E-state index is 12.3. The van der Waals surface area contributed by atoms with Crippen molar-refractivity contribution in [3.63, 3.8) is 0 Å². The maximum atomic E-state index is 12.3. The second-order valence-electron chi connectivity index (χ2n) is 6.24. The first-order valence-corrected chi connectivity index (χ1v) is 6.83. The van der Waals surface area contributed by atoms with Gasteiger partial charge in [0.25, 0.3) is 0 Å². The van der Waals surface area contributed by atoms with Crippen molar-refractivity contribution >= 4 is 11.7 Å². The highest BCUT2D eigenvalue weighted by molar-refractivity contribution is 5.87. The van der Waals surface area contributed by atoms with Crippen molar-refractivity contribution in [2.75, 3.05) is 0 Å². The summed E-state index contributed by atoms with van der Waals surface area (Å²) < 4.78 is 0. The first-order chi connectivity index (χ1) is 8.03. The predicted molar refractivity (Wildman–Crippen MR) is 64.3 cm³/mol.